The Kier molecular flexibility index (Phi) is 9.80. The maximum Gasteiger partial charge on any atom is 0.253 e. The van der Waals surface area contributed by atoms with Gasteiger partial charge in [-0.1, -0.05) is 19.1 Å². The predicted octanol–water partition coefficient (Wildman–Crippen LogP) is 2.47. The Bertz CT molecular complexity index is 485. The van der Waals surface area contributed by atoms with Crippen molar-refractivity contribution in [3.8, 4) is 0 Å². The Balaban J connectivity index is 0.00000441. The molecule has 0 aliphatic heterocycles. The highest BCUT2D eigenvalue weighted by molar-refractivity contribution is 14.0. The normalized spacial score (nSPS) is 12.1. The number of aliphatic imine (C=N–C) groups is 1. The first-order valence-electron chi connectivity index (χ1n) is 7.25. The van der Waals surface area contributed by atoms with Crippen molar-refractivity contribution in [2.45, 2.75) is 32.9 Å². The van der Waals surface area contributed by atoms with Crippen LogP contribution in [0, 0.1) is 0 Å². The minimum absolute atomic E-state index is 0. The predicted molar refractivity (Wildman–Crippen MR) is 103 cm³/mol. The van der Waals surface area contributed by atoms with Crippen LogP contribution in [0.4, 0.5) is 0 Å². The Hall–Kier alpha value is -1.31. The number of nitrogens with one attached hydrogen (secondary N) is 2. The van der Waals surface area contributed by atoms with Gasteiger partial charge in [0.25, 0.3) is 5.91 Å². The number of benzene rings is 1. The average molecular weight is 418 g/mol. The Labute approximate surface area is 150 Å². The summed E-state index contributed by atoms with van der Waals surface area (Å²) in [5.41, 5.74) is 1.81. The fourth-order valence-electron chi connectivity index (χ4n) is 1.74. The quantitative estimate of drug-likeness (QED) is 0.439. The molecular weight excluding hydrogens is 391 g/mol. The van der Waals surface area contributed by atoms with Crippen LogP contribution in [0.5, 0.6) is 0 Å². The molecule has 0 fully saturated rings. The lowest BCUT2D eigenvalue weighted by Crippen LogP contribution is -2.41. The zero-order valence-electron chi connectivity index (χ0n) is 14.0. The second-order valence-corrected chi connectivity index (χ2v) is 5.28. The minimum Gasteiger partial charge on any atom is -0.354 e. The van der Waals surface area contributed by atoms with Gasteiger partial charge in [-0.15, -0.1) is 24.0 Å². The molecule has 124 valence electrons. The van der Waals surface area contributed by atoms with Gasteiger partial charge in [0.05, 0.1) is 0 Å². The second-order valence-electron chi connectivity index (χ2n) is 5.28. The summed E-state index contributed by atoms with van der Waals surface area (Å²) < 4.78 is 0. The molecule has 0 bridgehead atoms. The van der Waals surface area contributed by atoms with Crippen molar-refractivity contribution in [1.29, 1.82) is 0 Å². The topological polar surface area (TPSA) is 56.7 Å². The summed E-state index contributed by atoms with van der Waals surface area (Å²) in [6, 6.07) is 8.01. The summed E-state index contributed by atoms with van der Waals surface area (Å²) in [6.45, 7) is 4.92. The lowest BCUT2D eigenvalue weighted by atomic mass is 10.1. The van der Waals surface area contributed by atoms with Gasteiger partial charge in [0.15, 0.2) is 5.96 Å². The molecule has 0 aliphatic carbocycles. The van der Waals surface area contributed by atoms with Crippen LogP contribution in [0.3, 0.4) is 0 Å². The number of carbonyl (C=O) groups excluding carboxylic acids is 1. The minimum atomic E-state index is 0. The van der Waals surface area contributed by atoms with E-state index in [9.17, 15) is 4.79 Å². The molecule has 0 aliphatic rings. The molecule has 22 heavy (non-hydrogen) atoms. The molecule has 1 unspecified atom stereocenters. The molecular formula is C16H27IN4O. The zero-order valence-corrected chi connectivity index (χ0v) is 16.3. The highest BCUT2D eigenvalue weighted by atomic mass is 127. The van der Waals surface area contributed by atoms with E-state index in [1.807, 2.05) is 24.3 Å². The van der Waals surface area contributed by atoms with Crippen LogP contribution < -0.4 is 10.6 Å². The van der Waals surface area contributed by atoms with Crippen LogP contribution in [0.15, 0.2) is 29.3 Å². The largest absolute Gasteiger partial charge is 0.354 e. The van der Waals surface area contributed by atoms with E-state index >= 15 is 0 Å². The van der Waals surface area contributed by atoms with Crippen LogP contribution in [-0.4, -0.2) is 44.0 Å². The number of halogens is 1. The van der Waals surface area contributed by atoms with Gasteiger partial charge >= 0.3 is 0 Å². The van der Waals surface area contributed by atoms with Crippen molar-refractivity contribution in [2.24, 2.45) is 4.99 Å². The molecule has 0 spiro atoms. The SMILES string of the molecule is CCC(C)NC(=NC)NCc1ccc(C(=O)N(C)C)cc1.I. The summed E-state index contributed by atoms with van der Waals surface area (Å²) >= 11 is 0. The molecule has 5 nitrogen and oxygen atoms in total. The molecule has 0 aromatic heterocycles. The first kappa shape index (κ1) is 20.7. The van der Waals surface area contributed by atoms with Gasteiger partial charge in [-0.25, -0.2) is 0 Å². The molecule has 1 aromatic carbocycles. The van der Waals surface area contributed by atoms with Crippen LogP contribution in [0.1, 0.15) is 36.2 Å². The van der Waals surface area contributed by atoms with E-state index in [-0.39, 0.29) is 29.9 Å². The number of rotatable bonds is 5. The van der Waals surface area contributed by atoms with Crippen molar-refractivity contribution in [1.82, 2.24) is 15.5 Å². The number of hydrogen-bond donors (Lipinski definition) is 2. The van der Waals surface area contributed by atoms with E-state index in [4.69, 9.17) is 0 Å². The number of guanidine groups is 1. The number of amides is 1. The fraction of sp³-hybridized carbons (Fsp3) is 0.500. The van der Waals surface area contributed by atoms with E-state index < -0.39 is 0 Å². The third-order valence-corrected chi connectivity index (χ3v) is 3.29. The lowest BCUT2D eigenvalue weighted by Gasteiger charge is -2.16. The number of nitrogens with zero attached hydrogens (tertiary/aromatic N) is 2. The standard InChI is InChI=1S/C16H26N4O.HI/c1-6-12(2)19-16(17-3)18-11-13-7-9-14(10-8-13)15(21)20(4)5;/h7-10,12H,6,11H2,1-5H3,(H2,17,18,19);1H. The van der Waals surface area contributed by atoms with Gasteiger partial charge in [-0.05, 0) is 31.0 Å². The van der Waals surface area contributed by atoms with Crippen molar-refractivity contribution >= 4 is 35.8 Å². The molecule has 1 aromatic rings. The molecule has 0 radical (unpaired) electrons. The van der Waals surface area contributed by atoms with Gasteiger partial charge in [0, 0.05) is 39.3 Å². The van der Waals surface area contributed by atoms with Crippen LogP contribution in [0.2, 0.25) is 0 Å². The molecule has 2 N–H and O–H groups in total. The Morgan fingerprint density at radius 1 is 1.27 bits per heavy atom. The Morgan fingerprint density at radius 3 is 2.32 bits per heavy atom. The highest BCUT2D eigenvalue weighted by Gasteiger charge is 2.07. The van der Waals surface area contributed by atoms with Crippen molar-refractivity contribution in [3.05, 3.63) is 35.4 Å². The van der Waals surface area contributed by atoms with E-state index in [1.165, 1.54) is 0 Å². The maximum absolute atomic E-state index is 11.8. The monoisotopic (exact) mass is 418 g/mol. The van der Waals surface area contributed by atoms with Gasteiger partial charge in [-0.3, -0.25) is 9.79 Å². The maximum atomic E-state index is 11.8. The van der Waals surface area contributed by atoms with E-state index in [1.54, 1.807) is 26.0 Å². The molecule has 0 saturated carbocycles. The zero-order chi connectivity index (χ0) is 15.8. The van der Waals surface area contributed by atoms with Crippen molar-refractivity contribution in [3.63, 3.8) is 0 Å². The van der Waals surface area contributed by atoms with Crippen LogP contribution in [-0.2, 0) is 6.54 Å². The Morgan fingerprint density at radius 2 is 1.86 bits per heavy atom. The van der Waals surface area contributed by atoms with Crippen LogP contribution >= 0.6 is 24.0 Å². The van der Waals surface area contributed by atoms with Gasteiger partial charge in [-0.2, -0.15) is 0 Å². The van der Waals surface area contributed by atoms with Crippen molar-refractivity contribution < 1.29 is 4.79 Å². The first-order valence-corrected chi connectivity index (χ1v) is 7.25. The fourth-order valence-corrected chi connectivity index (χ4v) is 1.74. The third kappa shape index (κ3) is 6.64. The highest BCUT2D eigenvalue weighted by Crippen LogP contribution is 2.06. The summed E-state index contributed by atoms with van der Waals surface area (Å²) in [5, 5.41) is 6.58. The second kappa shape index (κ2) is 10.4. The van der Waals surface area contributed by atoms with E-state index in [2.05, 4.69) is 29.5 Å². The van der Waals surface area contributed by atoms with Gasteiger partial charge in [0.2, 0.25) is 0 Å². The third-order valence-electron chi connectivity index (χ3n) is 3.29. The van der Waals surface area contributed by atoms with Gasteiger partial charge in [0.1, 0.15) is 0 Å². The summed E-state index contributed by atoms with van der Waals surface area (Å²) in [4.78, 5) is 17.6. The molecule has 1 rings (SSSR count). The molecule has 0 saturated heterocycles. The summed E-state index contributed by atoms with van der Waals surface area (Å²) in [5.74, 6) is 0.807. The molecule has 1 atom stereocenters. The number of carbonyl (C=O) groups is 1. The molecule has 6 heteroatoms. The molecule has 0 heterocycles. The first-order chi connectivity index (χ1) is 9.97. The molecule has 1 amide bonds. The summed E-state index contributed by atoms with van der Waals surface area (Å²) in [7, 11) is 5.27. The summed E-state index contributed by atoms with van der Waals surface area (Å²) in [6.07, 6.45) is 1.04. The lowest BCUT2D eigenvalue weighted by molar-refractivity contribution is 0.0827. The van der Waals surface area contributed by atoms with Crippen LogP contribution in [0.25, 0.3) is 0 Å². The van der Waals surface area contributed by atoms with Crippen molar-refractivity contribution in [2.75, 3.05) is 21.1 Å². The van der Waals surface area contributed by atoms with Gasteiger partial charge < -0.3 is 15.5 Å². The smallest absolute Gasteiger partial charge is 0.253 e. The number of hydrogen-bond acceptors (Lipinski definition) is 2. The van der Waals surface area contributed by atoms with E-state index in [0.29, 0.717) is 18.2 Å². The van der Waals surface area contributed by atoms with E-state index in [0.717, 1.165) is 17.9 Å². The average Bonchev–Trinajstić information content (AvgIpc) is 2.50.